The van der Waals surface area contributed by atoms with Gasteiger partial charge in [-0.25, -0.2) is 9.59 Å². The molecule has 0 aromatic heterocycles. The number of carbonyl (C=O) groups is 2. The third-order valence-electron chi connectivity index (χ3n) is 5.06. The second-order valence-electron chi connectivity index (χ2n) is 6.37. The molecule has 0 spiro atoms. The minimum atomic E-state index is -0.884. The van der Waals surface area contributed by atoms with Crippen molar-refractivity contribution in [2.24, 2.45) is 11.8 Å². The number of carboxylic acids is 1. The zero-order chi connectivity index (χ0) is 14.7. The van der Waals surface area contributed by atoms with Gasteiger partial charge in [-0.2, -0.15) is 0 Å². The van der Waals surface area contributed by atoms with Crippen LogP contribution in [0.1, 0.15) is 52.4 Å². The zero-order valence-electron chi connectivity index (χ0n) is 12.5. The highest BCUT2D eigenvalue weighted by Crippen LogP contribution is 2.30. The van der Waals surface area contributed by atoms with Gasteiger partial charge in [0, 0.05) is 12.6 Å². The normalized spacial score (nSPS) is 34.6. The Hall–Kier alpha value is -1.26. The van der Waals surface area contributed by atoms with Gasteiger partial charge in [-0.15, -0.1) is 0 Å². The van der Waals surface area contributed by atoms with E-state index in [2.05, 4.69) is 19.2 Å². The maximum Gasteiger partial charge on any atom is 0.326 e. The standard InChI is InChI=1S/C15H26N2O3/c1-10-6-5-7-12(11(10)2)16-15(20)17-9-4-3-8-13(17)14(18)19/h10-13H,3-9H2,1-2H3,(H,16,20)(H,18,19). The highest BCUT2D eigenvalue weighted by atomic mass is 16.4. The lowest BCUT2D eigenvalue weighted by Gasteiger charge is -2.38. The highest BCUT2D eigenvalue weighted by molar-refractivity contribution is 5.83. The highest BCUT2D eigenvalue weighted by Gasteiger charge is 2.34. The van der Waals surface area contributed by atoms with Gasteiger partial charge in [0.25, 0.3) is 0 Å². The molecule has 4 unspecified atom stereocenters. The first-order valence-electron chi connectivity index (χ1n) is 7.80. The number of urea groups is 1. The Balaban J connectivity index is 1.97. The summed E-state index contributed by atoms with van der Waals surface area (Å²) in [4.78, 5) is 25.2. The van der Waals surface area contributed by atoms with Crippen molar-refractivity contribution in [1.29, 1.82) is 0 Å². The minimum absolute atomic E-state index is 0.183. The van der Waals surface area contributed by atoms with Crippen LogP contribution < -0.4 is 5.32 Å². The van der Waals surface area contributed by atoms with Gasteiger partial charge in [-0.05, 0) is 37.5 Å². The fourth-order valence-electron chi connectivity index (χ4n) is 3.46. The van der Waals surface area contributed by atoms with Crippen molar-refractivity contribution >= 4 is 12.0 Å². The lowest BCUT2D eigenvalue weighted by molar-refractivity contribution is -0.143. The molecular formula is C15H26N2O3. The third-order valence-corrected chi connectivity index (χ3v) is 5.06. The van der Waals surface area contributed by atoms with Crippen LogP contribution in [0.4, 0.5) is 4.79 Å². The van der Waals surface area contributed by atoms with Crippen LogP contribution in [-0.4, -0.2) is 40.6 Å². The van der Waals surface area contributed by atoms with E-state index >= 15 is 0 Å². The SMILES string of the molecule is CC1CCCC(NC(=O)N2CCCCC2C(=O)O)C1C. The number of piperidine rings is 1. The molecule has 1 aliphatic carbocycles. The van der Waals surface area contributed by atoms with E-state index < -0.39 is 12.0 Å². The number of amides is 2. The molecule has 20 heavy (non-hydrogen) atoms. The minimum Gasteiger partial charge on any atom is -0.480 e. The monoisotopic (exact) mass is 282 g/mol. The molecule has 1 aliphatic heterocycles. The number of aliphatic carboxylic acids is 1. The molecule has 0 radical (unpaired) electrons. The van der Waals surface area contributed by atoms with Crippen molar-refractivity contribution in [2.75, 3.05) is 6.54 Å². The van der Waals surface area contributed by atoms with E-state index in [1.54, 1.807) is 0 Å². The first kappa shape index (κ1) is 15.1. The zero-order valence-corrected chi connectivity index (χ0v) is 12.5. The molecule has 2 fully saturated rings. The second-order valence-corrected chi connectivity index (χ2v) is 6.37. The predicted octanol–water partition coefficient (Wildman–Crippen LogP) is 2.46. The van der Waals surface area contributed by atoms with Gasteiger partial charge < -0.3 is 15.3 Å². The first-order chi connectivity index (χ1) is 9.50. The Bertz CT molecular complexity index is 372. The summed E-state index contributed by atoms with van der Waals surface area (Å²) in [5.41, 5.74) is 0. The Morgan fingerprint density at radius 1 is 1.10 bits per heavy atom. The fraction of sp³-hybridized carbons (Fsp3) is 0.867. The van der Waals surface area contributed by atoms with Gasteiger partial charge in [-0.1, -0.05) is 26.7 Å². The predicted molar refractivity (Wildman–Crippen MR) is 76.5 cm³/mol. The number of hydrogen-bond acceptors (Lipinski definition) is 2. The molecule has 4 atom stereocenters. The maximum atomic E-state index is 12.4. The van der Waals surface area contributed by atoms with E-state index in [1.807, 2.05) is 0 Å². The molecule has 0 aromatic rings. The van der Waals surface area contributed by atoms with E-state index in [9.17, 15) is 14.7 Å². The van der Waals surface area contributed by atoms with Gasteiger partial charge in [0.2, 0.25) is 0 Å². The van der Waals surface area contributed by atoms with Crippen LogP contribution in [-0.2, 0) is 4.79 Å². The number of nitrogens with zero attached hydrogens (tertiary/aromatic N) is 1. The number of likely N-dealkylation sites (tertiary alicyclic amines) is 1. The van der Waals surface area contributed by atoms with Crippen molar-refractivity contribution in [2.45, 2.75) is 64.5 Å². The molecular weight excluding hydrogens is 256 g/mol. The number of nitrogens with one attached hydrogen (secondary N) is 1. The molecule has 5 nitrogen and oxygen atoms in total. The smallest absolute Gasteiger partial charge is 0.326 e. The van der Waals surface area contributed by atoms with E-state index in [0.29, 0.717) is 24.8 Å². The van der Waals surface area contributed by atoms with E-state index in [0.717, 1.165) is 25.7 Å². The van der Waals surface area contributed by atoms with Crippen molar-refractivity contribution in [3.63, 3.8) is 0 Å². The van der Waals surface area contributed by atoms with Crippen LogP contribution in [0.5, 0.6) is 0 Å². The fourth-order valence-corrected chi connectivity index (χ4v) is 3.46. The summed E-state index contributed by atoms with van der Waals surface area (Å²) >= 11 is 0. The van der Waals surface area contributed by atoms with Crippen LogP contribution >= 0.6 is 0 Å². The summed E-state index contributed by atoms with van der Waals surface area (Å²) in [6.07, 6.45) is 5.71. The summed E-state index contributed by atoms with van der Waals surface area (Å²) in [6.45, 7) is 4.96. The topological polar surface area (TPSA) is 69.6 Å². The molecule has 2 N–H and O–H groups in total. The van der Waals surface area contributed by atoms with E-state index in [4.69, 9.17) is 0 Å². The Kier molecular flexibility index (Phi) is 4.89. The first-order valence-corrected chi connectivity index (χ1v) is 7.80. The van der Waals surface area contributed by atoms with Gasteiger partial charge in [0.1, 0.15) is 6.04 Å². The summed E-state index contributed by atoms with van der Waals surface area (Å²) in [7, 11) is 0. The van der Waals surface area contributed by atoms with Crippen LogP contribution in [0.25, 0.3) is 0 Å². The van der Waals surface area contributed by atoms with Crippen molar-refractivity contribution in [3.8, 4) is 0 Å². The summed E-state index contributed by atoms with van der Waals surface area (Å²) in [5.74, 6) is 0.191. The molecule has 114 valence electrons. The van der Waals surface area contributed by atoms with Gasteiger partial charge in [-0.3, -0.25) is 0 Å². The van der Waals surface area contributed by atoms with Crippen LogP contribution in [0.3, 0.4) is 0 Å². The van der Waals surface area contributed by atoms with Gasteiger partial charge >= 0.3 is 12.0 Å². The molecule has 1 saturated carbocycles. The van der Waals surface area contributed by atoms with Crippen molar-refractivity contribution in [3.05, 3.63) is 0 Å². The third kappa shape index (κ3) is 3.25. The Labute approximate surface area is 120 Å². The number of carbonyl (C=O) groups excluding carboxylic acids is 1. The largest absolute Gasteiger partial charge is 0.480 e. The van der Waals surface area contributed by atoms with Crippen LogP contribution in [0.15, 0.2) is 0 Å². The molecule has 0 aromatic carbocycles. The average Bonchev–Trinajstić information content (AvgIpc) is 2.43. The summed E-state index contributed by atoms with van der Waals surface area (Å²) < 4.78 is 0. The lowest BCUT2D eigenvalue weighted by atomic mass is 9.78. The van der Waals surface area contributed by atoms with Crippen LogP contribution in [0.2, 0.25) is 0 Å². The quantitative estimate of drug-likeness (QED) is 0.817. The van der Waals surface area contributed by atoms with Crippen LogP contribution in [0, 0.1) is 11.8 Å². The van der Waals surface area contributed by atoms with Gasteiger partial charge in [0.15, 0.2) is 0 Å². The molecule has 2 aliphatic rings. The Morgan fingerprint density at radius 2 is 1.85 bits per heavy atom. The van der Waals surface area contributed by atoms with E-state index in [1.165, 1.54) is 11.3 Å². The molecule has 2 amide bonds. The number of carboxylic acid groups (broad SMARTS) is 1. The molecule has 0 bridgehead atoms. The van der Waals surface area contributed by atoms with Crippen molar-refractivity contribution < 1.29 is 14.7 Å². The summed E-state index contributed by atoms with van der Waals surface area (Å²) in [5, 5.41) is 12.3. The Morgan fingerprint density at radius 3 is 2.55 bits per heavy atom. The number of rotatable bonds is 2. The molecule has 2 rings (SSSR count). The van der Waals surface area contributed by atoms with Gasteiger partial charge in [0.05, 0.1) is 0 Å². The van der Waals surface area contributed by atoms with E-state index in [-0.39, 0.29) is 12.1 Å². The summed E-state index contributed by atoms with van der Waals surface area (Å²) in [6, 6.07) is -0.661. The lowest BCUT2D eigenvalue weighted by Crippen LogP contribution is -2.55. The average molecular weight is 282 g/mol. The van der Waals surface area contributed by atoms with Crippen molar-refractivity contribution in [1.82, 2.24) is 10.2 Å². The maximum absolute atomic E-state index is 12.4. The number of hydrogen-bond donors (Lipinski definition) is 2. The molecule has 1 heterocycles. The molecule has 1 saturated heterocycles. The molecule has 5 heteroatoms. The second kappa shape index (κ2) is 6.46.